The van der Waals surface area contributed by atoms with Gasteiger partial charge in [-0.3, -0.25) is 0 Å². The number of aliphatic imine (C=N–C) groups is 1. The summed E-state index contributed by atoms with van der Waals surface area (Å²) in [6.45, 7) is 5.76. The van der Waals surface area contributed by atoms with Crippen molar-refractivity contribution in [1.29, 1.82) is 0 Å². The van der Waals surface area contributed by atoms with Crippen molar-refractivity contribution in [3.05, 3.63) is 65.7 Å². The van der Waals surface area contributed by atoms with Crippen molar-refractivity contribution in [2.24, 2.45) is 4.99 Å². The molecule has 0 unspecified atom stereocenters. The van der Waals surface area contributed by atoms with Crippen LogP contribution < -0.4 is 10.1 Å². The molecule has 0 aliphatic carbocycles. The lowest BCUT2D eigenvalue weighted by Gasteiger charge is -2.38. The molecule has 5 nitrogen and oxygen atoms in total. The van der Waals surface area contributed by atoms with Gasteiger partial charge in [-0.15, -0.1) is 0 Å². The Morgan fingerprint density at radius 2 is 1.76 bits per heavy atom. The average molecular weight is 396 g/mol. The molecule has 1 N–H and O–H groups in total. The Hall–Kier alpha value is -2.53. The van der Waals surface area contributed by atoms with Crippen LogP contribution in [0.3, 0.4) is 0 Å². The SMILES string of the molecule is CCOc1ccc(C2(CNC(=NCc3ccccc3)N(C)C)CCOCC2)cc1. The predicted octanol–water partition coefficient (Wildman–Crippen LogP) is 3.84. The fourth-order valence-electron chi connectivity index (χ4n) is 3.75. The molecule has 29 heavy (non-hydrogen) atoms. The summed E-state index contributed by atoms with van der Waals surface area (Å²) in [7, 11) is 4.06. The molecule has 156 valence electrons. The molecule has 0 saturated carbocycles. The molecule has 5 heteroatoms. The second-order valence-electron chi connectivity index (χ2n) is 7.72. The molecular formula is C24H33N3O2. The molecule has 2 aromatic carbocycles. The average Bonchev–Trinajstić information content (AvgIpc) is 2.75. The highest BCUT2D eigenvalue weighted by Crippen LogP contribution is 2.35. The van der Waals surface area contributed by atoms with Crippen molar-refractivity contribution in [2.45, 2.75) is 31.7 Å². The van der Waals surface area contributed by atoms with Crippen LogP contribution in [-0.2, 0) is 16.7 Å². The van der Waals surface area contributed by atoms with Gasteiger partial charge < -0.3 is 19.7 Å². The van der Waals surface area contributed by atoms with Crippen molar-refractivity contribution >= 4 is 5.96 Å². The number of hydrogen-bond acceptors (Lipinski definition) is 3. The van der Waals surface area contributed by atoms with Crippen LogP contribution in [0.4, 0.5) is 0 Å². The van der Waals surface area contributed by atoms with Gasteiger partial charge in [0.2, 0.25) is 0 Å². The van der Waals surface area contributed by atoms with E-state index >= 15 is 0 Å². The molecule has 0 amide bonds. The third-order valence-corrected chi connectivity index (χ3v) is 5.49. The Balaban J connectivity index is 1.74. The van der Waals surface area contributed by atoms with Crippen LogP contribution in [0.15, 0.2) is 59.6 Å². The van der Waals surface area contributed by atoms with Crippen LogP contribution in [-0.4, -0.2) is 51.3 Å². The standard InChI is InChI=1S/C24H33N3O2/c1-4-29-22-12-10-21(11-13-22)24(14-16-28-17-15-24)19-26-23(27(2)3)25-18-20-8-6-5-7-9-20/h5-13H,4,14-19H2,1-3H3,(H,25,26). The Labute approximate surface area is 174 Å². The van der Waals surface area contributed by atoms with E-state index in [0.717, 1.165) is 44.3 Å². The summed E-state index contributed by atoms with van der Waals surface area (Å²) in [5, 5.41) is 3.63. The van der Waals surface area contributed by atoms with E-state index in [-0.39, 0.29) is 5.41 Å². The van der Waals surface area contributed by atoms with Crippen LogP contribution in [0.1, 0.15) is 30.9 Å². The monoisotopic (exact) mass is 395 g/mol. The number of nitrogens with zero attached hydrogens (tertiary/aromatic N) is 2. The molecule has 1 aliphatic heterocycles. The predicted molar refractivity (Wildman–Crippen MR) is 119 cm³/mol. The Bertz CT molecular complexity index is 766. The van der Waals surface area contributed by atoms with Crippen molar-refractivity contribution in [1.82, 2.24) is 10.2 Å². The molecule has 1 aliphatic rings. The lowest BCUT2D eigenvalue weighted by atomic mass is 9.74. The number of benzene rings is 2. The first-order valence-corrected chi connectivity index (χ1v) is 10.4. The summed E-state index contributed by atoms with van der Waals surface area (Å²) in [6.07, 6.45) is 1.99. The number of guanidine groups is 1. The van der Waals surface area contributed by atoms with Gasteiger partial charge in [-0.2, -0.15) is 0 Å². The van der Waals surface area contributed by atoms with Crippen molar-refractivity contribution in [3.8, 4) is 5.75 Å². The van der Waals surface area contributed by atoms with Gasteiger partial charge in [-0.1, -0.05) is 42.5 Å². The number of nitrogens with one attached hydrogen (secondary N) is 1. The zero-order valence-corrected chi connectivity index (χ0v) is 17.9. The highest BCUT2D eigenvalue weighted by molar-refractivity contribution is 5.79. The van der Waals surface area contributed by atoms with E-state index in [1.165, 1.54) is 11.1 Å². The van der Waals surface area contributed by atoms with Gasteiger partial charge in [0.25, 0.3) is 0 Å². The molecule has 1 heterocycles. The number of ether oxygens (including phenoxy) is 2. The summed E-state index contributed by atoms with van der Waals surface area (Å²) in [6, 6.07) is 18.9. The molecule has 1 saturated heterocycles. The van der Waals surface area contributed by atoms with E-state index in [0.29, 0.717) is 13.2 Å². The van der Waals surface area contributed by atoms with E-state index in [4.69, 9.17) is 14.5 Å². The maximum atomic E-state index is 5.68. The Morgan fingerprint density at radius 1 is 1.07 bits per heavy atom. The van der Waals surface area contributed by atoms with Gasteiger partial charge in [-0.25, -0.2) is 4.99 Å². The van der Waals surface area contributed by atoms with Crippen LogP contribution in [0.5, 0.6) is 5.75 Å². The normalized spacial score (nSPS) is 16.3. The Morgan fingerprint density at radius 3 is 2.38 bits per heavy atom. The second-order valence-corrected chi connectivity index (χ2v) is 7.72. The van der Waals surface area contributed by atoms with Gasteiger partial charge >= 0.3 is 0 Å². The maximum Gasteiger partial charge on any atom is 0.193 e. The van der Waals surface area contributed by atoms with E-state index in [1.807, 2.05) is 32.0 Å². The lowest BCUT2D eigenvalue weighted by Crippen LogP contribution is -2.47. The quantitative estimate of drug-likeness (QED) is 0.572. The fraction of sp³-hybridized carbons (Fsp3) is 0.458. The zero-order chi connectivity index (χ0) is 20.5. The first-order chi connectivity index (χ1) is 14.1. The molecular weight excluding hydrogens is 362 g/mol. The highest BCUT2D eigenvalue weighted by atomic mass is 16.5. The van der Waals surface area contributed by atoms with E-state index in [2.05, 4.69) is 53.8 Å². The fourth-order valence-corrected chi connectivity index (χ4v) is 3.75. The van der Waals surface area contributed by atoms with Crippen molar-refractivity contribution in [3.63, 3.8) is 0 Å². The minimum Gasteiger partial charge on any atom is -0.494 e. The highest BCUT2D eigenvalue weighted by Gasteiger charge is 2.34. The van der Waals surface area contributed by atoms with Gasteiger partial charge in [0.15, 0.2) is 5.96 Å². The molecule has 0 aromatic heterocycles. The number of hydrogen-bond donors (Lipinski definition) is 1. The summed E-state index contributed by atoms with van der Waals surface area (Å²) in [4.78, 5) is 6.87. The topological polar surface area (TPSA) is 46.1 Å². The molecule has 0 bridgehead atoms. The first kappa shape index (κ1) is 21.2. The van der Waals surface area contributed by atoms with Gasteiger partial charge in [0.1, 0.15) is 5.75 Å². The summed E-state index contributed by atoms with van der Waals surface area (Å²) < 4.78 is 11.3. The molecule has 2 aromatic rings. The third kappa shape index (κ3) is 5.73. The second kappa shape index (κ2) is 10.3. The van der Waals surface area contributed by atoms with Crippen molar-refractivity contribution < 1.29 is 9.47 Å². The van der Waals surface area contributed by atoms with Crippen LogP contribution in [0.2, 0.25) is 0 Å². The van der Waals surface area contributed by atoms with Gasteiger partial charge in [0.05, 0.1) is 13.2 Å². The van der Waals surface area contributed by atoms with Crippen LogP contribution >= 0.6 is 0 Å². The molecule has 1 fully saturated rings. The van der Waals surface area contributed by atoms with Gasteiger partial charge in [0, 0.05) is 39.3 Å². The smallest absolute Gasteiger partial charge is 0.193 e. The molecule has 0 spiro atoms. The minimum absolute atomic E-state index is 0.0342. The van der Waals surface area contributed by atoms with Crippen LogP contribution in [0, 0.1) is 0 Å². The summed E-state index contributed by atoms with van der Waals surface area (Å²) in [5.41, 5.74) is 2.57. The molecule has 0 radical (unpaired) electrons. The lowest BCUT2D eigenvalue weighted by molar-refractivity contribution is 0.0512. The van der Waals surface area contributed by atoms with Crippen LogP contribution in [0.25, 0.3) is 0 Å². The molecule has 3 rings (SSSR count). The first-order valence-electron chi connectivity index (χ1n) is 10.4. The number of rotatable bonds is 7. The maximum absolute atomic E-state index is 5.68. The third-order valence-electron chi connectivity index (χ3n) is 5.49. The zero-order valence-electron chi connectivity index (χ0n) is 17.9. The largest absolute Gasteiger partial charge is 0.494 e. The summed E-state index contributed by atoms with van der Waals surface area (Å²) >= 11 is 0. The Kier molecular flexibility index (Phi) is 7.53. The van der Waals surface area contributed by atoms with E-state index in [9.17, 15) is 0 Å². The van der Waals surface area contributed by atoms with E-state index < -0.39 is 0 Å². The van der Waals surface area contributed by atoms with Crippen molar-refractivity contribution in [2.75, 3.05) is 40.5 Å². The minimum atomic E-state index is 0.0342. The van der Waals surface area contributed by atoms with Gasteiger partial charge in [-0.05, 0) is 43.0 Å². The van der Waals surface area contributed by atoms with E-state index in [1.54, 1.807) is 0 Å². The molecule has 0 atom stereocenters. The summed E-state index contributed by atoms with van der Waals surface area (Å²) in [5.74, 6) is 1.83.